The number of nitrogens with zero attached hydrogens (tertiary/aromatic N) is 4. The maximum atomic E-state index is 13.6. The number of anilines is 1. The van der Waals surface area contributed by atoms with Gasteiger partial charge in [0.15, 0.2) is 10.6 Å². The summed E-state index contributed by atoms with van der Waals surface area (Å²) in [6.45, 7) is -5.19. The number of aromatic nitrogens is 6. The molecule has 0 saturated carbocycles. The van der Waals surface area contributed by atoms with Crippen LogP contribution in [0.3, 0.4) is 0 Å². The zero-order chi connectivity index (χ0) is 28.1. The molecule has 2 saturated heterocycles. The van der Waals surface area contributed by atoms with Crippen LogP contribution in [-0.4, -0.2) is 76.9 Å². The summed E-state index contributed by atoms with van der Waals surface area (Å²) in [4.78, 5) is 49.0. The van der Waals surface area contributed by atoms with E-state index in [1.54, 1.807) is 9.55 Å². The molecule has 0 aromatic carbocycles. The average Bonchev–Trinajstić information content (AvgIpc) is 3.56. The summed E-state index contributed by atoms with van der Waals surface area (Å²) in [5, 5.41) is 20.1. The highest BCUT2D eigenvalue weighted by Crippen LogP contribution is 2.46. The van der Waals surface area contributed by atoms with Gasteiger partial charge in [0.1, 0.15) is 42.5 Å². The van der Waals surface area contributed by atoms with Crippen LogP contribution in [-0.2, 0) is 30.3 Å². The van der Waals surface area contributed by atoms with Crippen molar-refractivity contribution in [1.82, 2.24) is 29.1 Å². The van der Waals surface area contributed by atoms with E-state index in [1.807, 2.05) is 0 Å². The van der Waals surface area contributed by atoms with Gasteiger partial charge in [0.2, 0.25) is 5.82 Å². The van der Waals surface area contributed by atoms with Crippen molar-refractivity contribution >= 4 is 47.9 Å². The molecule has 0 radical (unpaired) electrons. The summed E-state index contributed by atoms with van der Waals surface area (Å²) in [6, 6.07) is 0. The van der Waals surface area contributed by atoms with Gasteiger partial charge in [-0.2, -0.15) is 4.39 Å². The molecule has 0 spiro atoms. The fraction of sp³-hybridized carbons (Fsp3) is 0.526. The molecule has 20 heteroatoms. The average molecular weight is 607 g/mol. The van der Waals surface area contributed by atoms with Crippen LogP contribution in [0, 0.1) is 10.5 Å². The van der Waals surface area contributed by atoms with Crippen molar-refractivity contribution in [3.63, 3.8) is 0 Å². The standard InChI is InChI=1S/C19H23FN7O9PS2/c20-7-3-26(19(31)24-16(7)30)12-1-8(29)11(35-12)5-33-37(32,39)36-9-2-13(34-10(9)4-28)27-6-22-14-15(27)23-18(21)25-17(14)38/h3,6,8-13,28-29H,1-2,4-5H2,(H,32,39)(H,24,30,31)(H3,21,23,25,38)/p-1/t8-,9-,10-,11-,12-,13-,37?/m1/s1. The highest BCUT2D eigenvalue weighted by Gasteiger charge is 2.40. The molecule has 5 rings (SSSR count). The number of nitrogen functional groups attached to an aromatic ring is 1. The first-order chi connectivity index (χ1) is 18.5. The third-order valence-electron chi connectivity index (χ3n) is 6.24. The van der Waals surface area contributed by atoms with Crippen LogP contribution >= 0.6 is 18.9 Å². The van der Waals surface area contributed by atoms with Gasteiger partial charge >= 0.3 is 5.69 Å². The smallest absolute Gasteiger partial charge is 0.330 e. The molecular weight excluding hydrogens is 584 g/mol. The largest absolute Gasteiger partial charge is 0.780 e. The Kier molecular flexibility index (Phi) is 7.81. The maximum absolute atomic E-state index is 13.6. The Morgan fingerprint density at radius 2 is 1.97 bits per heavy atom. The molecule has 5 heterocycles. The number of hydrogen-bond donors (Lipinski definition) is 5. The lowest BCUT2D eigenvalue weighted by atomic mass is 10.2. The first-order valence-electron chi connectivity index (χ1n) is 11.4. The summed E-state index contributed by atoms with van der Waals surface area (Å²) in [5.74, 6) is -1.14. The van der Waals surface area contributed by atoms with E-state index < -0.39 is 73.9 Å². The first kappa shape index (κ1) is 28.1. The fourth-order valence-corrected chi connectivity index (χ4v) is 6.09. The number of nitrogens with one attached hydrogen (secondary N) is 2. The van der Waals surface area contributed by atoms with Gasteiger partial charge in [0.25, 0.3) is 5.56 Å². The maximum Gasteiger partial charge on any atom is 0.330 e. The fourth-order valence-electron chi connectivity index (χ4n) is 4.39. The lowest BCUT2D eigenvalue weighted by Gasteiger charge is -2.32. The molecule has 2 aliphatic heterocycles. The first-order valence-corrected chi connectivity index (χ1v) is 14.4. The molecule has 1 unspecified atom stereocenters. The van der Waals surface area contributed by atoms with Crippen molar-refractivity contribution < 1.29 is 38.0 Å². The van der Waals surface area contributed by atoms with Crippen LogP contribution in [0.4, 0.5) is 10.3 Å². The van der Waals surface area contributed by atoms with Gasteiger partial charge in [-0.15, -0.1) is 0 Å². The van der Waals surface area contributed by atoms with Gasteiger partial charge in [-0.25, -0.2) is 14.8 Å². The number of fused-ring (bicyclic) bond motifs is 1. The third kappa shape index (κ3) is 5.73. The molecule has 0 bridgehead atoms. The monoisotopic (exact) mass is 606 g/mol. The molecule has 0 amide bonds. The van der Waals surface area contributed by atoms with Gasteiger partial charge in [-0.05, 0) is 0 Å². The zero-order valence-electron chi connectivity index (χ0n) is 19.7. The summed E-state index contributed by atoms with van der Waals surface area (Å²) in [5.41, 5.74) is 4.43. The predicted molar refractivity (Wildman–Crippen MR) is 134 cm³/mol. The van der Waals surface area contributed by atoms with Gasteiger partial charge in [-0.1, -0.05) is 24.0 Å². The number of ether oxygens (including phenoxy) is 2. The normalized spacial score (nSPS) is 28.7. The number of H-pyrrole nitrogens is 2. The van der Waals surface area contributed by atoms with Gasteiger partial charge in [0.05, 0.1) is 37.9 Å². The third-order valence-corrected chi connectivity index (χ3v) is 8.09. The van der Waals surface area contributed by atoms with E-state index in [4.69, 9.17) is 48.3 Å². The number of aliphatic hydroxyl groups excluding tert-OH is 2. The minimum Gasteiger partial charge on any atom is -0.780 e. The zero-order valence-corrected chi connectivity index (χ0v) is 22.2. The van der Waals surface area contributed by atoms with Crippen LogP contribution in [0.1, 0.15) is 25.3 Å². The van der Waals surface area contributed by atoms with E-state index >= 15 is 0 Å². The summed E-state index contributed by atoms with van der Waals surface area (Å²) in [6.07, 6.45) is -3.96. The van der Waals surface area contributed by atoms with Crippen molar-refractivity contribution in [1.29, 1.82) is 0 Å². The van der Waals surface area contributed by atoms with Crippen molar-refractivity contribution in [3.05, 3.63) is 43.8 Å². The molecule has 3 aromatic rings. The second-order valence-corrected chi connectivity index (χ2v) is 11.9. The number of aromatic amines is 2. The van der Waals surface area contributed by atoms with Gasteiger partial charge < -0.3 is 44.3 Å². The Labute approximate surface area is 227 Å². The number of halogens is 1. The topological polar surface area (TPSA) is 228 Å². The van der Waals surface area contributed by atoms with E-state index in [0.717, 1.165) is 4.57 Å². The van der Waals surface area contributed by atoms with Crippen LogP contribution in [0.15, 0.2) is 22.1 Å². The molecule has 2 fully saturated rings. The van der Waals surface area contributed by atoms with Crippen molar-refractivity contribution in [3.8, 4) is 0 Å². The number of imidazole rings is 1. The molecule has 16 nitrogen and oxygen atoms in total. The van der Waals surface area contributed by atoms with Crippen LogP contribution in [0.5, 0.6) is 0 Å². The molecular formula is C19H22FN7O9PS2-. The quantitative estimate of drug-likeness (QED) is 0.148. The summed E-state index contributed by atoms with van der Waals surface area (Å²) >= 11 is 10.2. The summed E-state index contributed by atoms with van der Waals surface area (Å²) in [7, 11) is 0. The van der Waals surface area contributed by atoms with E-state index in [2.05, 4.69) is 15.0 Å². The minimum atomic E-state index is -4.21. The van der Waals surface area contributed by atoms with E-state index in [1.165, 1.54) is 6.33 Å². The molecule has 3 aromatic heterocycles. The van der Waals surface area contributed by atoms with Crippen molar-refractivity contribution in [2.45, 2.75) is 49.7 Å². The Morgan fingerprint density at radius 3 is 2.72 bits per heavy atom. The number of aliphatic hydroxyl groups is 2. The van der Waals surface area contributed by atoms with Gasteiger partial charge in [0, 0.05) is 12.8 Å². The van der Waals surface area contributed by atoms with Crippen molar-refractivity contribution in [2.24, 2.45) is 0 Å². The Morgan fingerprint density at radius 1 is 1.26 bits per heavy atom. The van der Waals surface area contributed by atoms with E-state index in [0.29, 0.717) is 17.4 Å². The molecule has 212 valence electrons. The predicted octanol–water partition coefficient (Wildman–Crippen LogP) is -1.32. The summed E-state index contributed by atoms with van der Waals surface area (Å²) < 4.78 is 38.4. The molecule has 7 atom stereocenters. The lowest BCUT2D eigenvalue weighted by Crippen LogP contribution is -2.34. The SMILES string of the molecule is Nc1nc(=S)c2ncn([C@H]3C[C@@H](OP([O-])(=S)OC[C@H]4O[C@@H](n5cc(F)c(=O)[nH]c5=O)C[C@H]4O)[C@@H](CO)O3)c2[nH]1. The van der Waals surface area contributed by atoms with E-state index in [9.17, 15) is 29.1 Å². The molecule has 2 aliphatic rings. The minimum absolute atomic E-state index is 0.0660. The second-order valence-electron chi connectivity index (χ2n) is 8.79. The second kappa shape index (κ2) is 10.8. The Hall–Kier alpha value is -2.45. The number of nitrogens with two attached hydrogens (primary N) is 1. The van der Waals surface area contributed by atoms with Crippen LogP contribution in [0.2, 0.25) is 0 Å². The Bertz CT molecular complexity index is 1610. The van der Waals surface area contributed by atoms with E-state index in [-0.39, 0.29) is 23.4 Å². The number of rotatable bonds is 8. The molecule has 6 N–H and O–H groups in total. The lowest BCUT2D eigenvalue weighted by molar-refractivity contribution is -0.215. The number of hydrogen-bond acceptors (Lipinski definition) is 14. The van der Waals surface area contributed by atoms with Crippen LogP contribution in [0.25, 0.3) is 11.2 Å². The van der Waals surface area contributed by atoms with Crippen LogP contribution < -0.4 is 21.9 Å². The highest BCUT2D eigenvalue weighted by atomic mass is 32.5. The Balaban J connectivity index is 1.23. The highest BCUT2D eigenvalue weighted by molar-refractivity contribution is 8.06. The van der Waals surface area contributed by atoms with Crippen molar-refractivity contribution in [2.75, 3.05) is 18.9 Å². The van der Waals surface area contributed by atoms with Gasteiger partial charge in [-0.3, -0.25) is 18.9 Å². The molecule has 39 heavy (non-hydrogen) atoms. The molecule has 0 aliphatic carbocycles.